The zero-order chi connectivity index (χ0) is 15.5. The van der Waals surface area contributed by atoms with Crippen LogP contribution in [-0.2, 0) is 19.8 Å². The van der Waals surface area contributed by atoms with Gasteiger partial charge in [0.25, 0.3) is 0 Å². The Morgan fingerprint density at radius 3 is 2.57 bits per heavy atom. The van der Waals surface area contributed by atoms with Crippen molar-refractivity contribution in [2.75, 3.05) is 26.7 Å². The highest BCUT2D eigenvalue weighted by Crippen LogP contribution is 2.32. The highest BCUT2D eigenvalue weighted by atomic mass is 19.4. The van der Waals surface area contributed by atoms with Crippen LogP contribution in [0.4, 0.5) is 13.2 Å². The van der Waals surface area contributed by atoms with Crippen molar-refractivity contribution in [2.45, 2.75) is 32.0 Å². The van der Waals surface area contributed by atoms with Crippen molar-refractivity contribution in [1.29, 1.82) is 0 Å². The predicted molar refractivity (Wildman–Crippen MR) is 74.8 cm³/mol. The van der Waals surface area contributed by atoms with Crippen molar-refractivity contribution in [3.05, 3.63) is 17.5 Å². The van der Waals surface area contributed by atoms with Gasteiger partial charge in [-0.15, -0.1) is 0 Å². The molecule has 2 heterocycles. The van der Waals surface area contributed by atoms with Crippen molar-refractivity contribution < 1.29 is 13.2 Å². The molecule has 0 aliphatic carbocycles. The minimum absolute atomic E-state index is 0.277. The summed E-state index contributed by atoms with van der Waals surface area (Å²) in [6.45, 7) is 3.06. The van der Waals surface area contributed by atoms with Crippen LogP contribution in [-0.4, -0.2) is 41.4 Å². The number of aryl methyl sites for hydroxylation is 1. The van der Waals surface area contributed by atoms with E-state index in [9.17, 15) is 13.2 Å². The van der Waals surface area contributed by atoms with E-state index in [1.165, 1.54) is 13.2 Å². The Labute approximate surface area is 123 Å². The smallest absolute Gasteiger partial charge is 0.320 e. The fraction of sp³-hybridized carbons (Fsp3) is 0.786. The Kier molecular flexibility index (Phi) is 5.27. The monoisotopic (exact) mass is 304 g/mol. The summed E-state index contributed by atoms with van der Waals surface area (Å²) >= 11 is 0. The first kappa shape index (κ1) is 16.3. The Hall–Kier alpha value is -1.08. The molecule has 0 spiro atoms. The van der Waals surface area contributed by atoms with Crippen LogP contribution >= 0.6 is 0 Å². The molecule has 21 heavy (non-hydrogen) atoms. The largest absolute Gasteiger partial charge is 0.433 e. The second kappa shape index (κ2) is 6.79. The molecule has 0 saturated carbocycles. The van der Waals surface area contributed by atoms with Gasteiger partial charge < -0.3 is 5.32 Å². The average Bonchev–Trinajstić information content (AvgIpc) is 2.79. The van der Waals surface area contributed by atoms with E-state index < -0.39 is 11.9 Å². The number of rotatable bonds is 5. The van der Waals surface area contributed by atoms with Gasteiger partial charge in [0.2, 0.25) is 0 Å². The third-order valence-electron chi connectivity index (χ3n) is 4.19. The number of hydrogen-bond acceptors (Lipinski definition) is 3. The van der Waals surface area contributed by atoms with Gasteiger partial charge in [0.05, 0.1) is 6.20 Å². The molecular formula is C14H23F3N4. The molecule has 0 atom stereocenters. The number of alkyl halides is 3. The lowest BCUT2D eigenvalue weighted by Gasteiger charge is -2.32. The van der Waals surface area contributed by atoms with Gasteiger partial charge in [0.15, 0.2) is 0 Å². The molecule has 1 fully saturated rings. The number of likely N-dealkylation sites (tertiary alicyclic amines) is 1. The zero-order valence-corrected chi connectivity index (χ0v) is 12.6. The minimum atomic E-state index is -4.34. The first-order chi connectivity index (χ1) is 9.91. The molecule has 0 aromatic carbocycles. The van der Waals surface area contributed by atoms with E-state index >= 15 is 0 Å². The molecule has 1 saturated heterocycles. The second-order valence-electron chi connectivity index (χ2n) is 5.75. The first-order valence-electron chi connectivity index (χ1n) is 7.37. The minimum Gasteiger partial charge on any atom is -0.320 e. The van der Waals surface area contributed by atoms with Crippen LogP contribution in [0.2, 0.25) is 0 Å². The maximum absolute atomic E-state index is 13.0. The molecule has 4 nitrogen and oxygen atoms in total. The third-order valence-corrected chi connectivity index (χ3v) is 4.19. The Bertz CT molecular complexity index is 448. The number of nitrogens with zero attached hydrogens (tertiary/aromatic N) is 3. The van der Waals surface area contributed by atoms with Crippen LogP contribution in [0.15, 0.2) is 6.20 Å². The molecule has 1 aromatic heterocycles. The van der Waals surface area contributed by atoms with Gasteiger partial charge in [-0.2, -0.15) is 18.3 Å². The van der Waals surface area contributed by atoms with Crippen LogP contribution in [0.5, 0.6) is 0 Å². The van der Waals surface area contributed by atoms with Gasteiger partial charge in [-0.1, -0.05) is 0 Å². The summed E-state index contributed by atoms with van der Waals surface area (Å²) in [6.07, 6.45) is 0.263. The quantitative estimate of drug-likeness (QED) is 0.906. The summed E-state index contributed by atoms with van der Waals surface area (Å²) in [6, 6.07) is 0. The predicted octanol–water partition coefficient (Wildman–Crippen LogP) is 2.26. The molecule has 2 rings (SSSR count). The van der Waals surface area contributed by atoms with E-state index in [1.54, 1.807) is 0 Å². The van der Waals surface area contributed by atoms with Gasteiger partial charge in [0, 0.05) is 19.2 Å². The first-order valence-corrected chi connectivity index (χ1v) is 7.37. The standard InChI is InChI=1S/C14H23F3N4/c1-18-6-3-11-4-7-21(8-5-11)10-12-9-19-20(2)13(12)14(15,16)17/h9,11,18H,3-8,10H2,1-2H3. The van der Waals surface area contributed by atoms with E-state index in [1.807, 2.05) is 7.05 Å². The molecule has 1 aliphatic heterocycles. The van der Waals surface area contributed by atoms with E-state index in [0.29, 0.717) is 12.5 Å². The topological polar surface area (TPSA) is 33.1 Å². The SMILES string of the molecule is CNCCC1CCN(Cc2cnn(C)c2C(F)(F)F)CC1. The summed E-state index contributed by atoms with van der Waals surface area (Å²) in [5.41, 5.74) is -0.349. The number of aromatic nitrogens is 2. The summed E-state index contributed by atoms with van der Waals surface area (Å²) in [5.74, 6) is 0.685. The van der Waals surface area contributed by atoms with E-state index in [2.05, 4.69) is 15.3 Å². The number of halogens is 3. The summed E-state index contributed by atoms with van der Waals surface area (Å²) in [4.78, 5) is 2.10. The van der Waals surface area contributed by atoms with Crippen molar-refractivity contribution >= 4 is 0 Å². The molecule has 120 valence electrons. The molecule has 1 aliphatic rings. The van der Waals surface area contributed by atoms with Crippen LogP contribution in [0.25, 0.3) is 0 Å². The normalized spacial score (nSPS) is 18.3. The average molecular weight is 304 g/mol. The maximum Gasteiger partial charge on any atom is 0.433 e. The second-order valence-corrected chi connectivity index (χ2v) is 5.75. The molecule has 0 amide bonds. The summed E-state index contributed by atoms with van der Waals surface area (Å²) in [5, 5.41) is 6.91. The molecule has 0 bridgehead atoms. The lowest BCUT2D eigenvalue weighted by molar-refractivity contribution is -0.144. The Morgan fingerprint density at radius 1 is 1.33 bits per heavy atom. The van der Waals surface area contributed by atoms with Gasteiger partial charge in [-0.25, -0.2) is 0 Å². The summed E-state index contributed by atoms with van der Waals surface area (Å²) in [7, 11) is 3.28. The third kappa shape index (κ3) is 4.20. The molecule has 7 heteroatoms. The lowest BCUT2D eigenvalue weighted by atomic mass is 9.93. The van der Waals surface area contributed by atoms with E-state index in [0.717, 1.165) is 43.6 Å². The van der Waals surface area contributed by atoms with Gasteiger partial charge in [-0.3, -0.25) is 9.58 Å². The number of nitrogens with one attached hydrogen (secondary N) is 1. The number of hydrogen-bond donors (Lipinski definition) is 1. The van der Waals surface area contributed by atoms with Gasteiger partial charge >= 0.3 is 6.18 Å². The van der Waals surface area contributed by atoms with Crippen molar-refractivity contribution in [3.8, 4) is 0 Å². The van der Waals surface area contributed by atoms with E-state index in [4.69, 9.17) is 0 Å². The van der Waals surface area contributed by atoms with Gasteiger partial charge in [-0.05, 0) is 51.9 Å². The molecule has 1 N–H and O–H groups in total. The maximum atomic E-state index is 13.0. The van der Waals surface area contributed by atoms with Crippen LogP contribution in [0, 0.1) is 5.92 Å². The number of piperidine rings is 1. The lowest BCUT2D eigenvalue weighted by Crippen LogP contribution is -2.34. The van der Waals surface area contributed by atoms with Crippen LogP contribution in [0.3, 0.4) is 0 Å². The fourth-order valence-electron chi connectivity index (χ4n) is 2.99. The fourth-order valence-corrected chi connectivity index (χ4v) is 2.99. The Morgan fingerprint density at radius 2 is 2.00 bits per heavy atom. The van der Waals surface area contributed by atoms with E-state index in [-0.39, 0.29) is 5.56 Å². The summed E-state index contributed by atoms with van der Waals surface area (Å²) < 4.78 is 40.0. The molecule has 0 radical (unpaired) electrons. The molecule has 1 aromatic rings. The highest BCUT2D eigenvalue weighted by molar-refractivity contribution is 5.20. The van der Waals surface area contributed by atoms with Crippen LogP contribution in [0.1, 0.15) is 30.5 Å². The Balaban J connectivity index is 1.92. The van der Waals surface area contributed by atoms with Crippen molar-refractivity contribution in [2.24, 2.45) is 13.0 Å². The van der Waals surface area contributed by atoms with Crippen molar-refractivity contribution in [3.63, 3.8) is 0 Å². The molecular weight excluding hydrogens is 281 g/mol. The zero-order valence-electron chi connectivity index (χ0n) is 12.6. The van der Waals surface area contributed by atoms with Crippen LogP contribution < -0.4 is 5.32 Å². The highest BCUT2D eigenvalue weighted by Gasteiger charge is 2.37. The molecule has 0 unspecified atom stereocenters. The van der Waals surface area contributed by atoms with Gasteiger partial charge in [0.1, 0.15) is 5.69 Å². The van der Waals surface area contributed by atoms with Crippen molar-refractivity contribution in [1.82, 2.24) is 20.0 Å².